The number of rotatable bonds is 3. The molecule has 0 saturated heterocycles. The molecule has 13 heavy (non-hydrogen) atoms. The molecular weight excluding hydrogens is 300 g/mol. The first-order chi connectivity index (χ1) is 6.16. The van der Waals surface area contributed by atoms with Gasteiger partial charge in [0.2, 0.25) is 0 Å². The van der Waals surface area contributed by atoms with E-state index in [9.17, 15) is 0 Å². The van der Waals surface area contributed by atoms with Crippen molar-refractivity contribution in [2.24, 2.45) is 0 Å². The highest BCUT2D eigenvalue weighted by atomic mass is 79.9. The smallest absolute Gasteiger partial charge is 0.138 e. The van der Waals surface area contributed by atoms with Crippen LogP contribution in [0.4, 0.5) is 5.82 Å². The van der Waals surface area contributed by atoms with Gasteiger partial charge in [0.15, 0.2) is 0 Å². The molecule has 5 heteroatoms. The summed E-state index contributed by atoms with van der Waals surface area (Å²) in [6, 6.07) is 0. The van der Waals surface area contributed by atoms with Crippen LogP contribution in [0.5, 0.6) is 0 Å². The zero-order chi connectivity index (χ0) is 9.84. The lowest BCUT2D eigenvalue weighted by molar-refractivity contribution is 0.133. The van der Waals surface area contributed by atoms with Crippen molar-refractivity contribution < 1.29 is 4.74 Å². The average Bonchev–Trinajstić information content (AvgIpc) is 2.12. The molecule has 1 aromatic rings. The van der Waals surface area contributed by atoms with Gasteiger partial charge in [-0.05, 0) is 38.8 Å². The highest BCUT2D eigenvalue weighted by Crippen LogP contribution is 2.28. The standard InChI is InChI=1S/C8H10Br2N2O/c1-2-13-4-5-6(9)3-12-8(11)7(5)10/h3H,2,4H2,1H3,(H2,11,12). The maximum Gasteiger partial charge on any atom is 0.138 e. The van der Waals surface area contributed by atoms with Crippen molar-refractivity contribution in [1.29, 1.82) is 0 Å². The van der Waals surface area contributed by atoms with Crippen LogP contribution in [0.2, 0.25) is 0 Å². The van der Waals surface area contributed by atoms with Crippen LogP contribution in [0, 0.1) is 0 Å². The minimum absolute atomic E-state index is 0.484. The fourth-order valence-electron chi connectivity index (χ4n) is 0.857. The van der Waals surface area contributed by atoms with Gasteiger partial charge in [0.1, 0.15) is 5.82 Å². The number of hydrogen-bond donors (Lipinski definition) is 1. The molecule has 0 aliphatic heterocycles. The number of pyridine rings is 1. The normalized spacial score (nSPS) is 10.4. The van der Waals surface area contributed by atoms with Crippen molar-refractivity contribution in [3.63, 3.8) is 0 Å². The molecule has 0 unspecified atom stereocenters. The average molecular weight is 310 g/mol. The minimum atomic E-state index is 0.484. The quantitative estimate of drug-likeness (QED) is 0.934. The van der Waals surface area contributed by atoms with Crippen molar-refractivity contribution in [2.45, 2.75) is 13.5 Å². The molecule has 0 radical (unpaired) electrons. The molecule has 0 aromatic carbocycles. The minimum Gasteiger partial charge on any atom is -0.383 e. The van der Waals surface area contributed by atoms with Crippen LogP contribution >= 0.6 is 31.9 Å². The van der Waals surface area contributed by atoms with Gasteiger partial charge in [-0.25, -0.2) is 4.98 Å². The van der Waals surface area contributed by atoms with Gasteiger partial charge in [0.05, 0.1) is 11.1 Å². The van der Waals surface area contributed by atoms with Crippen LogP contribution in [-0.4, -0.2) is 11.6 Å². The molecule has 0 amide bonds. The molecule has 0 atom stereocenters. The number of nitrogens with zero attached hydrogens (tertiary/aromatic N) is 1. The summed E-state index contributed by atoms with van der Waals surface area (Å²) in [4.78, 5) is 3.98. The van der Waals surface area contributed by atoms with Crippen LogP contribution in [0.3, 0.4) is 0 Å². The summed E-state index contributed by atoms with van der Waals surface area (Å²) < 4.78 is 7.00. The topological polar surface area (TPSA) is 48.1 Å². The zero-order valence-electron chi connectivity index (χ0n) is 7.18. The van der Waals surface area contributed by atoms with E-state index >= 15 is 0 Å². The first-order valence-corrected chi connectivity index (χ1v) is 5.41. The van der Waals surface area contributed by atoms with E-state index in [4.69, 9.17) is 10.5 Å². The third-order valence-corrected chi connectivity index (χ3v) is 3.11. The molecule has 0 fully saturated rings. The molecule has 2 N–H and O–H groups in total. The van der Waals surface area contributed by atoms with Crippen LogP contribution in [-0.2, 0) is 11.3 Å². The summed E-state index contributed by atoms with van der Waals surface area (Å²) in [7, 11) is 0. The number of hydrogen-bond acceptors (Lipinski definition) is 3. The molecule has 0 bridgehead atoms. The zero-order valence-corrected chi connectivity index (χ0v) is 10.4. The molecular formula is C8H10Br2N2O. The predicted molar refractivity (Wildman–Crippen MR) is 59.4 cm³/mol. The van der Waals surface area contributed by atoms with Crippen molar-refractivity contribution in [2.75, 3.05) is 12.3 Å². The van der Waals surface area contributed by atoms with Crippen LogP contribution < -0.4 is 5.73 Å². The summed E-state index contributed by atoms with van der Waals surface area (Å²) in [6.07, 6.45) is 1.68. The van der Waals surface area contributed by atoms with Gasteiger partial charge in [-0.15, -0.1) is 0 Å². The second kappa shape index (κ2) is 4.93. The SMILES string of the molecule is CCOCc1c(Br)cnc(N)c1Br. The maximum atomic E-state index is 5.63. The van der Waals surface area contributed by atoms with Crippen molar-refractivity contribution in [1.82, 2.24) is 4.98 Å². The number of halogens is 2. The summed E-state index contributed by atoms with van der Waals surface area (Å²) in [5, 5.41) is 0. The molecule has 1 rings (SSSR count). The lowest BCUT2D eigenvalue weighted by Crippen LogP contribution is -1.99. The van der Waals surface area contributed by atoms with E-state index in [1.165, 1.54) is 0 Å². The molecule has 1 aromatic heterocycles. The molecule has 0 aliphatic carbocycles. The molecule has 0 aliphatic rings. The van der Waals surface area contributed by atoms with Gasteiger partial charge in [0.25, 0.3) is 0 Å². The maximum absolute atomic E-state index is 5.63. The number of ether oxygens (including phenoxy) is 1. The predicted octanol–water partition coefficient (Wildman–Crippen LogP) is 2.73. The van der Waals surface area contributed by atoms with E-state index in [-0.39, 0.29) is 0 Å². The van der Waals surface area contributed by atoms with E-state index in [1.807, 2.05) is 6.92 Å². The van der Waals surface area contributed by atoms with Crippen molar-refractivity contribution >= 4 is 37.7 Å². The monoisotopic (exact) mass is 308 g/mol. The molecule has 0 spiro atoms. The fraction of sp³-hybridized carbons (Fsp3) is 0.375. The molecule has 72 valence electrons. The first-order valence-electron chi connectivity index (χ1n) is 3.83. The van der Waals surface area contributed by atoms with E-state index in [1.54, 1.807) is 6.20 Å². The Morgan fingerprint density at radius 2 is 2.23 bits per heavy atom. The van der Waals surface area contributed by atoms with Gasteiger partial charge in [-0.2, -0.15) is 0 Å². The van der Waals surface area contributed by atoms with Crippen LogP contribution in [0.1, 0.15) is 12.5 Å². The highest BCUT2D eigenvalue weighted by molar-refractivity contribution is 9.11. The Morgan fingerprint density at radius 3 is 2.85 bits per heavy atom. The van der Waals surface area contributed by atoms with Gasteiger partial charge >= 0.3 is 0 Å². The Hall–Kier alpha value is -0.130. The van der Waals surface area contributed by atoms with E-state index in [0.717, 1.165) is 14.5 Å². The lowest BCUT2D eigenvalue weighted by Gasteiger charge is -2.08. The van der Waals surface area contributed by atoms with Crippen LogP contribution in [0.15, 0.2) is 15.1 Å². The Morgan fingerprint density at radius 1 is 1.54 bits per heavy atom. The second-order valence-corrected chi connectivity index (χ2v) is 4.07. The van der Waals surface area contributed by atoms with E-state index in [0.29, 0.717) is 19.0 Å². The number of nitrogen functional groups attached to an aromatic ring is 1. The van der Waals surface area contributed by atoms with Gasteiger partial charge in [-0.1, -0.05) is 0 Å². The van der Waals surface area contributed by atoms with Gasteiger partial charge < -0.3 is 10.5 Å². The van der Waals surface area contributed by atoms with Crippen LogP contribution in [0.25, 0.3) is 0 Å². The van der Waals surface area contributed by atoms with Crippen molar-refractivity contribution in [3.05, 3.63) is 20.7 Å². The largest absolute Gasteiger partial charge is 0.383 e. The Bertz CT molecular complexity index is 304. The third kappa shape index (κ3) is 2.65. The number of aromatic nitrogens is 1. The summed E-state index contributed by atoms with van der Waals surface area (Å²) in [6.45, 7) is 3.16. The number of nitrogens with two attached hydrogens (primary N) is 1. The number of anilines is 1. The Kier molecular flexibility index (Phi) is 4.15. The second-order valence-electron chi connectivity index (χ2n) is 2.42. The summed E-state index contributed by atoms with van der Waals surface area (Å²) in [5.74, 6) is 0.484. The van der Waals surface area contributed by atoms with E-state index < -0.39 is 0 Å². The third-order valence-electron chi connectivity index (χ3n) is 1.55. The Balaban J connectivity index is 2.96. The molecule has 0 saturated carbocycles. The molecule has 3 nitrogen and oxygen atoms in total. The lowest BCUT2D eigenvalue weighted by atomic mass is 10.3. The van der Waals surface area contributed by atoms with Crippen molar-refractivity contribution in [3.8, 4) is 0 Å². The molecule has 1 heterocycles. The van der Waals surface area contributed by atoms with Gasteiger partial charge in [-0.3, -0.25) is 0 Å². The first kappa shape index (κ1) is 10.9. The van der Waals surface area contributed by atoms with E-state index in [2.05, 4.69) is 36.8 Å². The summed E-state index contributed by atoms with van der Waals surface area (Å²) in [5.41, 5.74) is 6.62. The summed E-state index contributed by atoms with van der Waals surface area (Å²) >= 11 is 6.75. The fourth-order valence-corrected chi connectivity index (χ4v) is 1.97. The van der Waals surface area contributed by atoms with Gasteiger partial charge in [0, 0.05) is 22.8 Å². The Labute approximate surface area is 93.9 Å². The highest BCUT2D eigenvalue weighted by Gasteiger charge is 2.08.